The highest BCUT2D eigenvalue weighted by Crippen LogP contribution is 2.35. The third kappa shape index (κ3) is 4.74. The van der Waals surface area contributed by atoms with Crippen LogP contribution >= 0.6 is 0 Å². The van der Waals surface area contributed by atoms with E-state index in [0.717, 1.165) is 6.07 Å². The Balaban J connectivity index is 1.96. The molecule has 2 aromatic heterocycles. The molecule has 0 aromatic carbocycles. The first-order chi connectivity index (χ1) is 14.8. The summed E-state index contributed by atoms with van der Waals surface area (Å²) in [5.41, 5.74) is -1.72. The van der Waals surface area contributed by atoms with E-state index in [1.807, 2.05) is 0 Å². The summed E-state index contributed by atoms with van der Waals surface area (Å²) < 4.78 is 40.3. The van der Waals surface area contributed by atoms with Crippen LogP contribution in [-0.2, 0) is 15.8 Å². The number of aliphatic hydroxyl groups excluding tert-OH is 1. The molecule has 1 saturated heterocycles. The van der Waals surface area contributed by atoms with Crippen LogP contribution in [0.15, 0.2) is 24.4 Å². The van der Waals surface area contributed by atoms with Gasteiger partial charge in [0.15, 0.2) is 0 Å². The average molecular weight is 454 g/mol. The molecular weight excluding hydrogens is 429 g/mol. The van der Waals surface area contributed by atoms with E-state index in [-0.39, 0.29) is 24.4 Å². The van der Waals surface area contributed by atoms with E-state index in [9.17, 15) is 27.9 Å². The maximum Gasteiger partial charge on any atom is 0.433 e. The molecule has 0 unspecified atom stereocenters. The van der Waals surface area contributed by atoms with Crippen molar-refractivity contribution in [3.05, 3.63) is 30.1 Å². The van der Waals surface area contributed by atoms with Gasteiger partial charge in [-0.3, -0.25) is 9.59 Å². The molecule has 0 radical (unpaired) electrons. The Morgan fingerprint density at radius 3 is 2.50 bits per heavy atom. The van der Waals surface area contributed by atoms with Crippen molar-refractivity contribution in [1.82, 2.24) is 30.2 Å². The zero-order chi connectivity index (χ0) is 23.8. The highest BCUT2D eigenvalue weighted by molar-refractivity contribution is 5.90. The summed E-state index contributed by atoms with van der Waals surface area (Å²) in [6.07, 6.45) is -3.99. The number of nitrogens with zero attached hydrogens (tertiary/aromatic N) is 5. The van der Waals surface area contributed by atoms with Gasteiger partial charge in [-0.15, -0.1) is 5.10 Å². The average Bonchev–Trinajstić information content (AvgIpc) is 3.33. The zero-order valence-electron chi connectivity index (χ0n) is 18.1. The summed E-state index contributed by atoms with van der Waals surface area (Å²) in [5, 5.41) is 20.5. The largest absolute Gasteiger partial charge is 0.433 e. The lowest BCUT2D eigenvalue weighted by atomic mass is 9.85. The Labute approximate surface area is 182 Å². The smallest absolute Gasteiger partial charge is 0.391 e. The Kier molecular flexibility index (Phi) is 6.27. The highest BCUT2D eigenvalue weighted by atomic mass is 19.4. The number of carbonyl (C=O) groups is 2. The van der Waals surface area contributed by atoms with Crippen LogP contribution in [0.25, 0.3) is 11.4 Å². The number of hydrogen-bond donors (Lipinski definition) is 2. The molecule has 9 nitrogen and oxygen atoms in total. The first kappa shape index (κ1) is 23.6. The predicted molar refractivity (Wildman–Crippen MR) is 107 cm³/mol. The summed E-state index contributed by atoms with van der Waals surface area (Å²) in [6.45, 7) is 5.36. The van der Waals surface area contributed by atoms with E-state index in [1.54, 1.807) is 20.8 Å². The molecule has 3 rings (SSSR count). The van der Waals surface area contributed by atoms with Crippen LogP contribution in [0.5, 0.6) is 0 Å². The van der Waals surface area contributed by atoms with Crippen molar-refractivity contribution in [3.63, 3.8) is 0 Å². The fourth-order valence-corrected chi connectivity index (χ4v) is 3.77. The van der Waals surface area contributed by atoms with Gasteiger partial charge in [-0.2, -0.15) is 13.2 Å². The minimum atomic E-state index is -4.61. The number of aliphatic hydroxyl groups is 1. The molecule has 32 heavy (non-hydrogen) atoms. The van der Waals surface area contributed by atoms with Gasteiger partial charge in [-0.05, 0) is 17.5 Å². The summed E-state index contributed by atoms with van der Waals surface area (Å²) in [6, 6.07) is 1.69. The van der Waals surface area contributed by atoms with Gasteiger partial charge in [0.1, 0.15) is 23.5 Å². The summed E-state index contributed by atoms with van der Waals surface area (Å²) >= 11 is 0. The second kappa shape index (κ2) is 8.49. The number of amides is 2. The molecule has 3 heterocycles. The minimum absolute atomic E-state index is 0.0137. The third-order valence-electron chi connectivity index (χ3n) is 5.24. The number of likely N-dealkylation sites (tertiary alicyclic amines) is 1. The van der Waals surface area contributed by atoms with Crippen LogP contribution in [0.2, 0.25) is 0 Å². The molecule has 3 atom stereocenters. The van der Waals surface area contributed by atoms with Crippen LogP contribution in [0.1, 0.15) is 38.9 Å². The van der Waals surface area contributed by atoms with E-state index in [0.29, 0.717) is 0 Å². The molecule has 0 spiro atoms. The van der Waals surface area contributed by atoms with E-state index in [2.05, 4.69) is 20.6 Å². The molecule has 2 N–H and O–H groups in total. The van der Waals surface area contributed by atoms with Gasteiger partial charge in [0.2, 0.25) is 11.8 Å². The number of rotatable bonds is 4. The molecule has 12 heteroatoms. The van der Waals surface area contributed by atoms with Gasteiger partial charge in [-0.25, -0.2) is 9.67 Å². The monoisotopic (exact) mass is 454 g/mol. The lowest BCUT2D eigenvalue weighted by molar-refractivity contribution is -0.144. The van der Waals surface area contributed by atoms with Gasteiger partial charge in [0.25, 0.3) is 0 Å². The Bertz CT molecular complexity index is 1000. The second-order valence-electron chi connectivity index (χ2n) is 8.77. The Morgan fingerprint density at radius 2 is 1.91 bits per heavy atom. The number of hydrogen-bond acceptors (Lipinski definition) is 6. The van der Waals surface area contributed by atoms with E-state index in [1.165, 1.54) is 35.0 Å². The van der Waals surface area contributed by atoms with Crippen molar-refractivity contribution < 1.29 is 27.9 Å². The number of pyridine rings is 1. The lowest BCUT2D eigenvalue weighted by Crippen LogP contribution is -2.49. The van der Waals surface area contributed by atoms with E-state index < -0.39 is 47.3 Å². The molecule has 0 bridgehead atoms. The number of likely N-dealkylation sites (N-methyl/N-ethyl adjacent to an activating group) is 1. The van der Waals surface area contributed by atoms with Gasteiger partial charge in [0, 0.05) is 20.0 Å². The fourth-order valence-electron chi connectivity index (χ4n) is 3.77. The molecule has 0 aliphatic carbocycles. The molecule has 2 amide bonds. The molecule has 2 aromatic rings. The van der Waals surface area contributed by atoms with Crippen molar-refractivity contribution in [2.75, 3.05) is 13.6 Å². The van der Waals surface area contributed by atoms with Crippen molar-refractivity contribution in [2.45, 2.75) is 51.6 Å². The normalized spacial score (nSPS) is 20.3. The minimum Gasteiger partial charge on any atom is -0.391 e. The number of aromatic nitrogens is 4. The third-order valence-corrected chi connectivity index (χ3v) is 5.24. The molecule has 1 aliphatic heterocycles. The number of alkyl halides is 3. The highest BCUT2D eigenvalue weighted by Gasteiger charge is 2.45. The summed E-state index contributed by atoms with van der Waals surface area (Å²) in [5.74, 6) is -0.842. The van der Waals surface area contributed by atoms with Crippen LogP contribution in [0.4, 0.5) is 13.2 Å². The number of carbonyl (C=O) groups excluding carboxylic acids is 2. The van der Waals surface area contributed by atoms with Crippen molar-refractivity contribution >= 4 is 11.8 Å². The van der Waals surface area contributed by atoms with Crippen LogP contribution < -0.4 is 5.32 Å². The first-order valence-corrected chi connectivity index (χ1v) is 9.99. The van der Waals surface area contributed by atoms with Crippen LogP contribution in [-0.4, -0.2) is 67.5 Å². The lowest BCUT2D eigenvalue weighted by Gasteiger charge is -2.34. The Morgan fingerprint density at radius 1 is 1.22 bits per heavy atom. The second-order valence-corrected chi connectivity index (χ2v) is 8.77. The predicted octanol–water partition coefficient (Wildman–Crippen LogP) is 1.65. The number of β-amino-alcohol motifs (C(OH)–C–C–N with tert-alkyl or cyclic N) is 1. The summed E-state index contributed by atoms with van der Waals surface area (Å²) in [4.78, 5) is 30.6. The van der Waals surface area contributed by atoms with Crippen LogP contribution in [0, 0.1) is 5.41 Å². The fraction of sp³-hybridized carbons (Fsp3) is 0.550. The van der Waals surface area contributed by atoms with Crippen molar-refractivity contribution in [3.8, 4) is 11.4 Å². The molecule has 0 saturated carbocycles. The van der Waals surface area contributed by atoms with Gasteiger partial charge in [-0.1, -0.05) is 32.1 Å². The van der Waals surface area contributed by atoms with E-state index in [4.69, 9.17) is 0 Å². The number of nitrogens with one attached hydrogen (secondary N) is 1. The van der Waals surface area contributed by atoms with Crippen LogP contribution in [0.3, 0.4) is 0 Å². The topological polar surface area (TPSA) is 113 Å². The number of halogens is 3. The molecule has 1 aliphatic rings. The van der Waals surface area contributed by atoms with Gasteiger partial charge >= 0.3 is 6.18 Å². The SMILES string of the molecule is CNC(=O)[C@@H]1C[C@@H](O)CN1C(=O)[C@@H](n1cc(-c2cccc(C(F)(F)F)n2)nn1)C(C)(C)C. The quantitative estimate of drug-likeness (QED) is 0.727. The molecule has 1 fully saturated rings. The van der Waals surface area contributed by atoms with E-state index >= 15 is 0 Å². The van der Waals surface area contributed by atoms with Gasteiger partial charge in [0.05, 0.1) is 18.0 Å². The maximum atomic E-state index is 13.5. The summed E-state index contributed by atoms with van der Waals surface area (Å²) in [7, 11) is 1.45. The zero-order valence-corrected chi connectivity index (χ0v) is 18.1. The van der Waals surface area contributed by atoms with Crippen molar-refractivity contribution in [2.24, 2.45) is 5.41 Å². The molecule has 174 valence electrons. The first-order valence-electron chi connectivity index (χ1n) is 9.99. The molecular formula is C20H25F3N6O3. The maximum absolute atomic E-state index is 13.5. The standard InChI is InChI=1S/C20H25F3N6O3/c1-19(2,3)16(18(32)28-9-11(30)8-14(28)17(31)24-4)29-10-13(26-27-29)12-6-5-7-15(25-12)20(21,22)23/h5-7,10-11,14,16,30H,8-9H2,1-4H3,(H,24,31)/t11-,14+,16-/m1/s1. The van der Waals surface area contributed by atoms with Gasteiger partial charge < -0.3 is 15.3 Å². The Hall–Kier alpha value is -3.02. The van der Waals surface area contributed by atoms with Crippen molar-refractivity contribution in [1.29, 1.82) is 0 Å².